The second-order valence-corrected chi connectivity index (χ2v) is 6.37. The Balaban J connectivity index is 2.76. The summed E-state index contributed by atoms with van der Waals surface area (Å²) >= 11 is 3.58. The topological polar surface area (TPSA) is 35.2 Å². The average molecular weight is 314 g/mol. The van der Waals surface area contributed by atoms with E-state index >= 15 is 0 Å². The number of hydrogen-bond acceptors (Lipinski definition) is 2. The van der Waals surface area contributed by atoms with Crippen LogP contribution in [0.3, 0.4) is 0 Å². The van der Waals surface area contributed by atoms with Gasteiger partial charge in [0.25, 0.3) is 0 Å². The molecule has 3 heteroatoms. The van der Waals surface area contributed by atoms with Crippen molar-refractivity contribution in [3.8, 4) is 0 Å². The van der Waals surface area contributed by atoms with Crippen molar-refractivity contribution < 1.29 is 4.74 Å². The van der Waals surface area contributed by atoms with Crippen molar-refractivity contribution in [1.82, 2.24) is 0 Å². The summed E-state index contributed by atoms with van der Waals surface area (Å²) in [5, 5.41) is 0. The van der Waals surface area contributed by atoms with E-state index in [-0.39, 0.29) is 11.6 Å². The van der Waals surface area contributed by atoms with Gasteiger partial charge in [0.1, 0.15) is 0 Å². The molecule has 1 rings (SSSR count). The van der Waals surface area contributed by atoms with Gasteiger partial charge in [0.05, 0.1) is 5.60 Å². The van der Waals surface area contributed by atoms with Crippen molar-refractivity contribution >= 4 is 15.9 Å². The van der Waals surface area contributed by atoms with Crippen molar-refractivity contribution in [1.29, 1.82) is 0 Å². The van der Waals surface area contributed by atoms with Crippen LogP contribution < -0.4 is 5.73 Å². The molecule has 0 heterocycles. The van der Waals surface area contributed by atoms with Crippen LogP contribution in [0.5, 0.6) is 0 Å². The van der Waals surface area contributed by atoms with Gasteiger partial charge >= 0.3 is 0 Å². The van der Waals surface area contributed by atoms with Crippen molar-refractivity contribution in [2.24, 2.45) is 5.73 Å². The Morgan fingerprint density at radius 1 is 1.28 bits per heavy atom. The lowest BCUT2D eigenvalue weighted by molar-refractivity contribution is 0.0125. The average Bonchev–Trinajstić information content (AvgIpc) is 2.32. The number of hydrogen-bond donors (Lipinski definition) is 1. The molecule has 0 radical (unpaired) electrons. The van der Waals surface area contributed by atoms with Gasteiger partial charge in [0.15, 0.2) is 0 Å². The van der Waals surface area contributed by atoms with E-state index in [0.29, 0.717) is 0 Å². The quantitative estimate of drug-likeness (QED) is 0.881. The molecule has 0 saturated heterocycles. The van der Waals surface area contributed by atoms with Gasteiger partial charge in [-0.1, -0.05) is 28.1 Å². The Labute approximate surface area is 119 Å². The molecule has 0 bridgehead atoms. The SMILES string of the molecule is COC(C)(C)CCC(N)c1cc(C)c(Br)c(C)c1. The molecule has 0 amide bonds. The summed E-state index contributed by atoms with van der Waals surface area (Å²) < 4.78 is 6.60. The zero-order valence-corrected chi connectivity index (χ0v) is 13.6. The van der Waals surface area contributed by atoms with Crippen LogP contribution >= 0.6 is 15.9 Å². The Kier molecular flexibility index (Phi) is 5.38. The van der Waals surface area contributed by atoms with Crippen LogP contribution in [0.2, 0.25) is 0 Å². The van der Waals surface area contributed by atoms with Gasteiger partial charge in [-0.25, -0.2) is 0 Å². The second-order valence-electron chi connectivity index (χ2n) is 5.58. The van der Waals surface area contributed by atoms with Gasteiger partial charge in [0.2, 0.25) is 0 Å². The van der Waals surface area contributed by atoms with Crippen LogP contribution in [0.4, 0.5) is 0 Å². The van der Waals surface area contributed by atoms with Crippen LogP contribution in [-0.4, -0.2) is 12.7 Å². The molecule has 18 heavy (non-hydrogen) atoms. The zero-order chi connectivity index (χ0) is 13.9. The van der Waals surface area contributed by atoms with E-state index in [1.165, 1.54) is 21.2 Å². The summed E-state index contributed by atoms with van der Waals surface area (Å²) in [4.78, 5) is 0. The molecule has 0 saturated carbocycles. The van der Waals surface area contributed by atoms with Crippen LogP contribution in [0.15, 0.2) is 16.6 Å². The number of methoxy groups -OCH3 is 1. The lowest BCUT2D eigenvalue weighted by Crippen LogP contribution is -2.24. The van der Waals surface area contributed by atoms with Crippen molar-refractivity contribution in [2.75, 3.05) is 7.11 Å². The molecule has 2 N–H and O–H groups in total. The predicted molar refractivity (Wildman–Crippen MR) is 80.9 cm³/mol. The van der Waals surface area contributed by atoms with Crippen molar-refractivity contribution in [2.45, 2.75) is 52.2 Å². The number of ether oxygens (including phenoxy) is 1. The highest BCUT2D eigenvalue weighted by atomic mass is 79.9. The summed E-state index contributed by atoms with van der Waals surface area (Å²) in [6.07, 6.45) is 1.89. The highest BCUT2D eigenvalue weighted by molar-refractivity contribution is 9.10. The van der Waals surface area contributed by atoms with Gasteiger partial charge in [-0.05, 0) is 57.2 Å². The van der Waals surface area contributed by atoms with Crippen molar-refractivity contribution in [3.63, 3.8) is 0 Å². The molecule has 0 aliphatic carbocycles. The van der Waals surface area contributed by atoms with Crippen molar-refractivity contribution in [3.05, 3.63) is 33.3 Å². The third-order valence-electron chi connectivity index (χ3n) is 3.50. The largest absolute Gasteiger partial charge is 0.379 e. The van der Waals surface area contributed by atoms with Crippen LogP contribution in [-0.2, 0) is 4.74 Å². The van der Waals surface area contributed by atoms with E-state index in [0.717, 1.165) is 12.8 Å². The van der Waals surface area contributed by atoms with E-state index in [9.17, 15) is 0 Å². The number of rotatable bonds is 5. The summed E-state index contributed by atoms with van der Waals surface area (Å²) in [5.74, 6) is 0. The van der Waals surface area contributed by atoms with Gasteiger partial charge in [-0.15, -0.1) is 0 Å². The maximum absolute atomic E-state index is 6.27. The fourth-order valence-corrected chi connectivity index (χ4v) is 2.19. The Morgan fingerprint density at radius 2 is 1.78 bits per heavy atom. The van der Waals surface area contributed by atoms with E-state index in [1.54, 1.807) is 7.11 Å². The van der Waals surface area contributed by atoms with Gasteiger partial charge < -0.3 is 10.5 Å². The zero-order valence-electron chi connectivity index (χ0n) is 12.0. The fourth-order valence-electron chi connectivity index (χ4n) is 1.97. The van der Waals surface area contributed by atoms with Crippen LogP contribution in [0, 0.1) is 13.8 Å². The molecule has 0 spiro atoms. The van der Waals surface area contributed by atoms with Crippen LogP contribution in [0.1, 0.15) is 49.4 Å². The molecule has 0 fully saturated rings. The molecule has 1 atom stereocenters. The Hall–Kier alpha value is -0.380. The molecule has 0 aliphatic heterocycles. The molecule has 0 aliphatic rings. The molecule has 1 aromatic carbocycles. The molecule has 102 valence electrons. The number of benzene rings is 1. The summed E-state index contributed by atoms with van der Waals surface area (Å²) in [6, 6.07) is 4.41. The first kappa shape index (κ1) is 15.7. The second kappa shape index (κ2) is 6.18. The Morgan fingerprint density at radius 3 is 2.22 bits per heavy atom. The predicted octanol–water partition coefficient (Wildman–Crippen LogP) is 4.27. The minimum absolute atomic E-state index is 0.0740. The minimum atomic E-state index is -0.100. The maximum atomic E-state index is 6.27. The normalized spacial score (nSPS) is 13.7. The monoisotopic (exact) mass is 313 g/mol. The molecule has 0 aromatic heterocycles. The molecular weight excluding hydrogens is 290 g/mol. The van der Waals surface area contributed by atoms with Gasteiger partial charge in [0, 0.05) is 17.6 Å². The van der Waals surface area contributed by atoms with Gasteiger partial charge in [-0.2, -0.15) is 0 Å². The van der Waals surface area contributed by atoms with E-state index < -0.39 is 0 Å². The lowest BCUT2D eigenvalue weighted by atomic mass is 9.94. The molecule has 1 unspecified atom stereocenters. The lowest BCUT2D eigenvalue weighted by Gasteiger charge is -2.25. The smallest absolute Gasteiger partial charge is 0.0623 e. The first-order valence-corrected chi connectivity index (χ1v) is 7.13. The molecule has 2 nitrogen and oxygen atoms in total. The summed E-state index contributed by atoms with van der Waals surface area (Å²) in [6.45, 7) is 8.40. The summed E-state index contributed by atoms with van der Waals surface area (Å²) in [7, 11) is 1.75. The van der Waals surface area contributed by atoms with Crippen LogP contribution in [0.25, 0.3) is 0 Å². The van der Waals surface area contributed by atoms with E-state index in [4.69, 9.17) is 10.5 Å². The molecular formula is C15H24BrNO. The highest BCUT2D eigenvalue weighted by Gasteiger charge is 2.18. The highest BCUT2D eigenvalue weighted by Crippen LogP contribution is 2.28. The number of nitrogens with two attached hydrogens (primary N) is 1. The standard InChI is InChI=1S/C15H24BrNO/c1-10-8-12(9-11(2)14(10)16)13(17)6-7-15(3,4)18-5/h8-9,13H,6-7,17H2,1-5H3. The van der Waals surface area contributed by atoms with E-state index in [1.807, 2.05) is 0 Å². The minimum Gasteiger partial charge on any atom is -0.379 e. The third kappa shape index (κ3) is 4.08. The first-order valence-electron chi connectivity index (χ1n) is 6.34. The molecule has 1 aromatic rings. The fraction of sp³-hybridized carbons (Fsp3) is 0.600. The van der Waals surface area contributed by atoms with E-state index in [2.05, 4.69) is 55.8 Å². The Bertz CT molecular complexity index is 392. The summed E-state index contributed by atoms with van der Waals surface area (Å²) in [5.41, 5.74) is 9.87. The third-order valence-corrected chi connectivity index (χ3v) is 4.75. The first-order chi connectivity index (χ1) is 8.26. The number of aryl methyl sites for hydroxylation is 2. The maximum Gasteiger partial charge on any atom is 0.0623 e. The number of halogens is 1. The van der Waals surface area contributed by atoms with Gasteiger partial charge in [-0.3, -0.25) is 0 Å².